The molecule has 5 nitrogen and oxygen atoms in total. The molecule has 1 atom stereocenters. The first kappa shape index (κ1) is 21.7. The van der Waals surface area contributed by atoms with Crippen LogP contribution in [0.3, 0.4) is 0 Å². The van der Waals surface area contributed by atoms with E-state index < -0.39 is 17.7 Å². The van der Waals surface area contributed by atoms with Gasteiger partial charge < -0.3 is 20.0 Å². The summed E-state index contributed by atoms with van der Waals surface area (Å²) >= 11 is 0. The first-order chi connectivity index (χ1) is 15.5. The fourth-order valence-corrected chi connectivity index (χ4v) is 4.06. The van der Waals surface area contributed by atoms with Crippen molar-refractivity contribution in [2.75, 3.05) is 12.3 Å². The number of carbonyl (C=O) groups is 1. The number of halogens is 1. The van der Waals surface area contributed by atoms with Crippen molar-refractivity contribution in [1.29, 1.82) is 0 Å². The number of fused-ring (bicyclic) bond motifs is 1. The molecule has 32 heavy (non-hydrogen) atoms. The van der Waals surface area contributed by atoms with Gasteiger partial charge in [0.25, 0.3) is 0 Å². The second kappa shape index (κ2) is 9.30. The first-order valence-corrected chi connectivity index (χ1v) is 10.9. The van der Waals surface area contributed by atoms with Crippen LogP contribution in [0.4, 0.5) is 10.3 Å². The van der Waals surface area contributed by atoms with Gasteiger partial charge in [-0.1, -0.05) is 62.6 Å². The molecule has 1 heterocycles. The lowest BCUT2D eigenvalue weighted by atomic mass is 9.95. The van der Waals surface area contributed by atoms with Gasteiger partial charge >= 0.3 is 5.97 Å². The molecule has 4 rings (SSSR count). The molecule has 6 heteroatoms. The quantitative estimate of drug-likeness (QED) is 0.315. The lowest BCUT2D eigenvalue weighted by Crippen LogP contribution is -2.06. The van der Waals surface area contributed by atoms with E-state index in [1.54, 1.807) is 42.5 Å². The SMILES string of the molecule is CCCCCCOC(=O)c1cccc(-c2c(N)oc(C3C(F)=Cc4ccccc43)c2O)c1. The molecule has 3 aromatic rings. The minimum absolute atomic E-state index is 0.0418. The molecule has 0 saturated heterocycles. The molecule has 0 spiro atoms. The number of hydrogen-bond donors (Lipinski definition) is 2. The number of furan rings is 1. The van der Waals surface area contributed by atoms with Crippen LogP contribution in [-0.2, 0) is 4.74 Å². The second-order valence-corrected chi connectivity index (χ2v) is 7.92. The number of ether oxygens (including phenoxy) is 1. The van der Waals surface area contributed by atoms with Gasteiger partial charge in [-0.15, -0.1) is 0 Å². The van der Waals surface area contributed by atoms with E-state index in [9.17, 15) is 14.3 Å². The van der Waals surface area contributed by atoms with Crippen molar-refractivity contribution in [1.82, 2.24) is 0 Å². The Balaban J connectivity index is 1.60. The molecule has 0 aliphatic heterocycles. The molecule has 0 amide bonds. The van der Waals surface area contributed by atoms with Crippen molar-refractivity contribution in [3.8, 4) is 16.9 Å². The zero-order chi connectivity index (χ0) is 22.7. The van der Waals surface area contributed by atoms with Gasteiger partial charge in [0.2, 0.25) is 5.88 Å². The van der Waals surface area contributed by atoms with Crippen LogP contribution in [0.15, 0.2) is 58.8 Å². The number of allylic oxidation sites excluding steroid dienone is 1. The van der Waals surface area contributed by atoms with Crippen LogP contribution in [0, 0.1) is 0 Å². The molecule has 166 valence electrons. The lowest BCUT2D eigenvalue weighted by molar-refractivity contribution is 0.0498. The Morgan fingerprint density at radius 2 is 1.97 bits per heavy atom. The maximum Gasteiger partial charge on any atom is 0.338 e. The normalized spacial score (nSPS) is 14.8. The van der Waals surface area contributed by atoms with Gasteiger partial charge in [0.15, 0.2) is 11.5 Å². The average molecular weight is 435 g/mol. The van der Waals surface area contributed by atoms with Crippen LogP contribution in [0.25, 0.3) is 17.2 Å². The van der Waals surface area contributed by atoms with Gasteiger partial charge in [-0.25, -0.2) is 9.18 Å². The van der Waals surface area contributed by atoms with Crippen LogP contribution in [0.1, 0.15) is 65.8 Å². The number of nitrogens with two attached hydrogens (primary N) is 1. The molecule has 0 saturated carbocycles. The number of rotatable bonds is 8. The third-order valence-corrected chi connectivity index (χ3v) is 5.69. The molecule has 3 N–H and O–H groups in total. The summed E-state index contributed by atoms with van der Waals surface area (Å²) < 4.78 is 25.7. The summed E-state index contributed by atoms with van der Waals surface area (Å²) in [6.07, 6.45) is 5.48. The fourth-order valence-electron chi connectivity index (χ4n) is 4.06. The van der Waals surface area contributed by atoms with Crippen molar-refractivity contribution < 1.29 is 23.4 Å². The highest BCUT2D eigenvalue weighted by Crippen LogP contribution is 2.50. The number of benzene rings is 2. The van der Waals surface area contributed by atoms with Crippen molar-refractivity contribution in [2.24, 2.45) is 0 Å². The van der Waals surface area contributed by atoms with Crippen molar-refractivity contribution in [2.45, 2.75) is 38.5 Å². The third-order valence-electron chi connectivity index (χ3n) is 5.69. The largest absolute Gasteiger partial charge is 0.504 e. The molecular formula is C26H26FNO4. The Bertz CT molecular complexity index is 1160. The highest BCUT2D eigenvalue weighted by molar-refractivity contribution is 5.92. The van der Waals surface area contributed by atoms with E-state index in [4.69, 9.17) is 14.9 Å². The van der Waals surface area contributed by atoms with Gasteiger partial charge in [0, 0.05) is 0 Å². The van der Waals surface area contributed by atoms with E-state index in [1.807, 2.05) is 6.07 Å². The van der Waals surface area contributed by atoms with Crippen molar-refractivity contribution >= 4 is 17.9 Å². The van der Waals surface area contributed by atoms with E-state index in [1.165, 1.54) is 6.08 Å². The summed E-state index contributed by atoms with van der Waals surface area (Å²) in [6.45, 7) is 2.48. The zero-order valence-electron chi connectivity index (χ0n) is 17.9. The van der Waals surface area contributed by atoms with Crippen LogP contribution >= 0.6 is 0 Å². The van der Waals surface area contributed by atoms with Gasteiger partial charge in [-0.05, 0) is 41.3 Å². The third kappa shape index (κ3) is 4.13. The van der Waals surface area contributed by atoms with E-state index in [0.29, 0.717) is 23.3 Å². The monoisotopic (exact) mass is 435 g/mol. The van der Waals surface area contributed by atoms with E-state index in [2.05, 4.69) is 6.92 Å². The predicted octanol–water partition coefficient (Wildman–Crippen LogP) is 6.43. The average Bonchev–Trinajstić information content (AvgIpc) is 3.27. The maximum absolute atomic E-state index is 14.7. The first-order valence-electron chi connectivity index (χ1n) is 10.9. The molecule has 1 aliphatic rings. The summed E-state index contributed by atoms with van der Waals surface area (Å²) in [5.41, 5.74) is 8.57. The van der Waals surface area contributed by atoms with Crippen LogP contribution in [0.2, 0.25) is 0 Å². The number of carbonyl (C=O) groups excluding carboxylic acids is 1. The van der Waals surface area contributed by atoms with E-state index in [-0.39, 0.29) is 23.0 Å². The van der Waals surface area contributed by atoms with E-state index in [0.717, 1.165) is 31.2 Å². The number of hydrogen-bond acceptors (Lipinski definition) is 5. The minimum Gasteiger partial charge on any atom is -0.504 e. The van der Waals surface area contributed by atoms with Crippen LogP contribution in [0.5, 0.6) is 5.75 Å². The summed E-state index contributed by atoms with van der Waals surface area (Å²) in [4.78, 5) is 12.4. The Hall–Kier alpha value is -3.54. The number of esters is 1. The van der Waals surface area contributed by atoms with Gasteiger partial charge in [-0.2, -0.15) is 0 Å². The lowest BCUT2D eigenvalue weighted by Gasteiger charge is -2.10. The number of anilines is 1. The summed E-state index contributed by atoms with van der Waals surface area (Å²) in [5.74, 6) is -1.97. The summed E-state index contributed by atoms with van der Waals surface area (Å²) in [7, 11) is 0. The van der Waals surface area contributed by atoms with Crippen molar-refractivity contribution in [3.05, 3.63) is 76.8 Å². The molecule has 1 aromatic heterocycles. The number of nitrogen functional groups attached to an aromatic ring is 1. The topological polar surface area (TPSA) is 85.7 Å². The molecule has 2 aromatic carbocycles. The van der Waals surface area contributed by atoms with Gasteiger partial charge in [-0.3, -0.25) is 0 Å². The number of aromatic hydroxyl groups is 1. The molecule has 1 aliphatic carbocycles. The summed E-state index contributed by atoms with van der Waals surface area (Å²) in [5, 5.41) is 10.9. The predicted molar refractivity (Wildman–Crippen MR) is 122 cm³/mol. The Kier molecular flexibility index (Phi) is 6.30. The second-order valence-electron chi connectivity index (χ2n) is 7.92. The molecule has 0 radical (unpaired) electrons. The van der Waals surface area contributed by atoms with Gasteiger partial charge in [0.1, 0.15) is 5.83 Å². The molecule has 0 bridgehead atoms. The van der Waals surface area contributed by atoms with Crippen LogP contribution < -0.4 is 5.73 Å². The van der Waals surface area contributed by atoms with Crippen LogP contribution in [-0.4, -0.2) is 17.7 Å². The highest BCUT2D eigenvalue weighted by atomic mass is 19.1. The smallest absolute Gasteiger partial charge is 0.338 e. The fraction of sp³-hybridized carbons (Fsp3) is 0.269. The minimum atomic E-state index is -0.862. The maximum atomic E-state index is 14.7. The molecule has 0 fully saturated rings. The Morgan fingerprint density at radius 3 is 2.78 bits per heavy atom. The zero-order valence-corrected chi connectivity index (χ0v) is 17.9. The van der Waals surface area contributed by atoms with Crippen molar-refractivity contribution in [3.63, 3.8) is 0 Å². The Morgan fingerprint density at radius 1 is 1.16 bits per heavy atom. The summed E-state index contributed by atoms with van der Waals surface area (Å²) in [6, 6.07) is 13.8. The molecular weight excluding hydrogens is 409 g/mol. The number of unbranched alkanes of at least 4 members (excludes halogenated alkanes) is 3. The van der Waals surface area contributed by atoms with Gasteiger partial charge in [0.05, 0.1) is 23.7 Å². The molecule has 1 unspecified atom stereocenters. The highest BCUT2D eigenvalue weighted by Gasteiger charge is 2.34. The standard InChI is InChI=1S/C26H26FNO4/c1-2-3-4-7-13-31-26(30)18-11-8-10-17(14-18)21-23(29)24(32-25(21)28)22-19-12-6-5-9-16(19)15-20(22)27/h5-6,8-12,14-15,22,29H,2-4,7,13,28H2,1H3. The van der Waals surface area contributed by atoms with E-state index >= 15 is 0 Å². The Labute approximate surface area is 186 Å².